The van der Waals surface area contributed by atoms with Gasteiger partial charge in [-0.1, -0.05) is 49.7 Å². The van der Waals surface area contributed by atoms with Crippen LogP contribution in [0.2, 0.25) is 0 Å². The molecule has 0 aromatic heterocycles. The number of nitrogens with one attached hydrogen (secondary N) is 1. The zero-order chi connectivity index (χ0) is 15.2. The van der Waals surface area contributed by atoms with Crippen molar-refractivity contribution in [3.63, 3.8) is 0 Å². The fraction of sp³-hybridized carbons (Fsp3) is 0.368. The third kappa shape index (κ3) is 4.33. The van der Waals surface area contributed by atoms with Crippen molar-refractivity contribution >= 4 is 0 Å². The third-order valence-electron chi connectivity index (χ3n) is 3.42. The quantitative estimate of drug-likeness (QED) is 0.839. The highest BCUT2D eigenvalue weighted by atomic mass is 16.5. The van der Waals surface area contributed by atoms with Crippen LogP contribution in [-0.2, 0) is 6.54 Å². The molecule has 0 aliphatic heterocycles. The Hall–Kier alpha value is -1.80. The summed E-state index contributed by atoms with van der Waals surface area (Å²) in [6.45, 7) is 10.1. The third-order valence-corrected chi connectivity index (χ3v) is 3.42. The van der Waals surface area contributed by atoms with Gasteiger partial charge in [-0.05, 0) is 42.7 Å². The topological polar surface area (TPSA) is 21.3 Å². The van der Waals surface area contributed by atoms with E-state index in [1.54, 1.807) is 0 Å². The molecule has 0 bridgehead atoms. The second kappa shape index (κ2) is 7.28. The molecular formula is C19H25NO. The summed E-state index contributed by atoms with van der Waals surface area (Å²) in [6.07, 6.45) is 0. The van der Waals surface area contributed by atoms with E-state index in [2.05, 4.69) is 62.5 Å². The van der Waals surface area contributed by atoms with Gasteiger partial charge in [-0.2, -0.15) is 0 Å². The van der Waals surface area contributed by atoms with Crippen molar-refractivity contribution < 1.29 is 4.74 Å². The average Bonchev–Trinajstić information content (AvgIpc) is 2.46. The Labute approximate surface area is 128 Å². The zero-order valence-electron chi connectivity index (χ0n) is 13.4. The molecule has 0 radical (unpaired) electrons. The maximum absolute atomic E-state index is 5.62. The van der Waals surface area contributed by atoms with Crippen LogP contribution >= 0.6 is 0 Å². The number of ether oxygens (including phenoxy) is 1. The van der Waals surface area contributed by atoms with E-state index in [1.807, 2.05) is 13.0 Å². The molecule has 0 saturated carbocycles. The predicted octanol–water partition coefficient (Wildman–Crippen LogP) is 4.56. The Bertz CT molecular complexity index is 590. The number of benzene rings is 2. The highest BCUT2D eigenvalue weighted by Crippen LogP contribution is 2.28. The van der Waals surface area contributed by atoms with Gasteiger partial charge in [0.25, 0.3) is 0 Å². The number of hydrogen-bond acceptors (Lipinski definition) is 2. The lowest BCUT2D eigenvalue weighted by atomic mass is 9.97. The molecule has 0 aliphatic rings. The maximum Gasteiger partial charge on any atom is 0.119 e. The summed E-state index contributed by atoms with van der Waals surface area (Å²) in [6, 6.07) is 15.5. The molecule has 21 heavy (non-hydrogen) atoms. The Morgan fingerprint density at radius 3 is 2.62 bits per heavy atom. The molecular weight excluding hydrogens is 258 g/mol. The zero-order valence-corrected chi connectivity index (χ0v) is 13.4. The Kier molecular flexibility index (Phi) is 5.40. The molecule has 0 saturated heterocycles. The lowest BCUT2D eigenvalue weighted by molar-refractivity contribution is 0.340. The van der Waals surface area contributed by atoms with Crippen LogP contribution in [-0.4, -0.2) is 12.6 Å². The van der Waals surface area contributed by atoms with Crippen LogP contribution in [0.4, 0.5) is 0 Å². The molecule has 0 heterocycles. The number of hydrogen-bond donors (Lipinski definition) is 1. The van der Waals surface area contributed by atoms with E-state index in [0.717, 1.165) is 12.3 Å². The first-order valence-electron chi connectivity index (χ1n) is 7.66. The molecule has 2 nitrogen and oxygen atoms in total. The van der Waals surface area contributed by atoms with Gasteiger partial charge in [0, 0.05) is 12.6 Å². The van der Waals surface area contributed by atoms with Crippen LogP contribution in [0.1, 0.15) is 31.9 Å². The van der Waals surface area contributed by atoms with Crippen molar-refractivity contribution in [1.29, 1.82) is 0 Å². The van der Waals surface area contributed by atoms with E-state index in [-0.39, 0.29) is 0 Å². The van der Waals surface area contributed by atoms with Gasteiger partial charge < -0.3 is 10.1 Å². The van der Waals surface area contributed by atoms with Gasteiger partial charge in [-0.25, -0.2) is 0 Å². The normalized spacial score (nSPS) is 10.9. The predicted molar refractivity (Wildman–Crippen MR) is 89.8 cm³/mol. The first kappa shape index (κ1) is 15.6. The number of aryl methyl sites for hydroxylation is 1. The van der Waals surface area contributed by atoms with Crippen molar-refractivity contribution in [2.75, 3.05) is 6.61 Å². The summed E-state index contributed by atoms with van der Waals surface area (Å²) in [7, 11) is 0. The molecule has 2 rings (SSSR count). The molecule has 0 unspecified atom stereocenters. The molecule has 112 valence electrons. The summed E-state index contributed by atoms with van der Waals surface area (Å²) in [5.41, 5.74) is 5.10. The van der Waals surface area contributed by atoms with Crippen LogP contribution in [0.5, 0.6) is 5.75 Å². The fourth-order valence-corrected chi connectivity index (χ4v) is 2.35. The van der Waals surface area contributed by atoms with E-state index >= 15 is 0 Å². The Balaban J connectivity index is 2.36. The molecule has 2 aromatic rings. The lowest BCUT2D eigenvalue weighted by Gasteiger charge is -2.14. The molecule has 0 aliphatic carbocycles. The minimum Gasteiger partial charge on any atom is -0.494 e. The molecule has 1 N–H and O–H groups in total. The van der Waals surface area contributed by atoms with Crippen molar-refractivity contribution in [3.8, 4) is 16.9 Å². The van der Waals surface area contributed by atoms with Gasteiger partial charge in [0.15, 0.2) is 0 Å². The van der Waals surface area contributed by atoms with Gasteiger partial charge >= 0.3 is 0 Å². The largest absolute Gasteiger partial charge is 0.494 e. The lowest BCUT2D eigenvalue weighted by Crippen LogP contribution is -2.22. The van der Waals surface area contributed by atoms with E-state index in [0.29, 0.717) is 12.6 Å². The van der Waals surface area contributed by atoms with E-state index in [1.165, 1.54) is 22.3 Å². The SMILES string of the molecule is CCOc1cccc(-c2cc(C)ccc2CNC(C)C)c1. The molecule has 0 atom stereocenters. The van der Waals surface area contributed by atoms with E-state index in [9.17, 15) is 0 Å². The van der Waals surface area contributed by atoms with Crippen molar-refractivity contribution in [2.45, 2.75) is 40.3 Å². The first-order valence-corrected chi connectivity index (χ1v) is 7.66. The van der Waals surface area contributed by atoms with Gasteiger partial charge in [-0.15, -0.1) is 0 Å². The molecule has 0 spiro atoms. The summed E-state index contributed by atoms with van der Waals surface area (Å²) in [5, 5.41) is 3.50. The van der Waals surface area contributed by atoms with E-state index < -0.39 is 0 Å². The number of rotatable bonds is 6. The maximum atomic E-state index is 5.62. The molecule has 2 heteroatoms. The van der Waals surface area contributed by atoms with Crippen LogP contribution in [0.25, 0.3) is 11.1 Å². The fourth-order valence-electron chi connectivity index (χ4n) is 2.35. The van der Waals surface area contributed by atoms with Crippen LogP contribution in [0, 0.1) is 6.92 Å². The minimum atomic E-state index is 0.480. The average molecular weight is 283 g/mol. The van der Waals surface area contributed by atoms with Crippen molar-refractivity contribution in [2.24, 2.45) is 0 Å². The van der Waals surface area contributed by atoms with Gasteiger partial charge in [0.2, 0.25) is 0 Å². The Morgan fingerprint density at radius 1 is 1.10 bits per heavy atom. The second-order valence-corrected chi connectivity index (χ2v) is 5.66. The molecule has 0 amide bonds. The van der Waals surface area contributed by atoms with Crippen molar-refractivity contribution in [1.82, 2.24) is 5.32 Å². The monoisotopic (exact) mass is 283 g/mol. The standard InChI is InChI=1S/C19H25NO/c1-5-21-18-8-6-7-16(12-18)19-11-15(4)9-10-17(19)13-20-14(2)3/h6-12,14,20H,5,13H2,1-4H3. The van der Waals surface area contributed by atoms with Gasteiger partial charge in [0.1, 0.15) is 5.75 Å². The van der Waals surface area contributed by atoms with Gasteiger partial charge in [-0.3, -0.25) is 0 Å². The molecule has 0 fully saturated rings. The first-order chi connectivity index (χ1) is 10.1. The Morgan fingerprint density at radius 2 is 1.90 bits per heavy atom. The minimum absolute atomic E-state index is 0.480. The van der Waals surface area contributed by atoms with Gasteiger partial charge in [0.05, 0.1) is 6.61 Å². The molecule has 2 aromatic carbocycles. The highest BCUT2D eigenvalue weighted by molar-refractivity contribution is 5.69. The van der Waals surface area contributed by atoms with Crippen LogP contribution < -0.4 is 10.1 Å². The summed E-state index contributed by atoms with van der Waals surface area (Å²) >= 11 is 0. The summed E-state index contributed by atoms with van der Waals surface area (Å²) in [5.74, 6) is 0.930. The summed E-state index contributed by atoms with van der Waals surface area (Å²) in [4.78, 5) is 0. The highest BCUT2D eigenvalue weighted by Gasteiger charge is 2.07. The van der Waals surface area contributed by atoms with Crippen molar-refractivity contribution in [3.05, 3.63) is 53.6 Å². The smallest absolute Gasteiger partial charge is 0.119 e. The second-order valence-electron chi connectivity index (χ2n) is 5.66. The van der Waals surface area contributed by atoms with E-state index in [4.69, 9.17) is 4.74 Å². The summed E-state index contributed by atoms with van der Waals surface area (Å²) < 4.78 is 5.62. The van der Waals surface area contributed by atoms with Crippen LogP contribution in [0.3, 0.4) is 0 Å². The van der Waals surface area contributed by atoms with Crippen LogP contribution in [0.15, 0.2) is 42.5 Å².